The van der Waals surface area contributed by atoms with Crippen molar-refractivity contribution in [3.05, 3.63) is 0 Å². The maximum atomic E-state index is 11.6. The maximum Gasteiger partial charge on any atom is 0.258 e. The Hall–Kier alpha value is -1.14. The van der Waals surface area contributed by atoms with E-state index in [1.807, 2.05) is 0 Å². The molecule has 2 amide bonds. The third-order valence-corrected chi connectivity index (χ3v) is 3.07. The SMILES string of the molecule is O=C1NCCC(O)C1C(=O)NOC1CCC1. The van der Waals surface area contributed by atoms with Crippen LogP contribution in [0.1, 0.15) is 25.7 Å². The summed E-state index contributed by atoms with van der Waals surface area (Å²) >= 11 is 0. The average molecular weight is 228 g/mol. The van der Waals surface area contributed by atoms with Crippen molar-refractivity contribution in [2.75, 3.05) is 6.54 Å². The first kappa shape index (κ1) is 11.3. The number of rotatable bonds is 3. The van der Waals surface area contributed by atoms with Crippen LogP contribution in [0.25, 0.3) is 0 Å². The van der Waals surface area contributed by atoms with Crippen molar-refractivity contribution in [3.8, 4) is 0 Å². The summed E-state index contributed by atoms with van der Waals surface area (Å²) in [5, 5.41) is 12.1. The molecule has 6 nitrogen and oxygen atoms in total. The van der Waals surface area contributed by atoms with Crippen LogP contribution < -0.4 is 10.8 Å². The molecule has 0 spiro atoms. The Morgan fingerprint density at radius 3 is 2.75 bits per heavy atom. The molecule has 6 heteroatoms. The summed E-state index contributed by atoms with van der Waals surface area (Å²) in [6, 6.07) is 0. The smallest absolute Gasteiger partial charge is 0.258 e. The van der Waals surface area contributed by atoms with Crippen molar-refractivity contribution in [3.63, 3.8) is 0 Å². The van der Waals surface area contributed by atoms with Crippen LogP contribution in [0, 0.1) is 5.92 Å². The van der Waals surface area contributed by atoms with E-state index in [2.05, 4.69) is 10.8 Å². The highest BCUT2D eigenvalue weighted by Crippen LogP contribution is 2.21. The molecule has 90 valence electrons. The van der Waals surface area contributed by atoms with E-state index in [9.17, 15) is 14.7 Å². The fraction of sp³-hybridized carbons (Fsp3) is 0.800. The van der Waals surface area contributed by atoms with Crippen LogP contribution in [0.2, 0.25) is 0 Å². The van der Waals surface area contributed by atoms with Gasteiger partial charge in [0, 0.05) is 6.54 Å². The van der Waals surface area contributed by atoms with Gasteiger partial charge >= 0.3 is 0 Å². The maximum absolute atomic E-state index is 11.6. The van der Waals surface area contributed by atoms with Gasteiger partial charge < -0.3 is 10.4 Å². The van der Waals surface area contributed by atoms with Gasteiger partial charge in [0.05, 0.1) is 12.2 Å². The van der Waals surface area contributed by atoms with E-state index in [1.54, 1.807) is 0 Å². The van der Waals surface area contributed by atoms with Gasteiger partial charge in [-0.25, -0.2) is 5.48 Å². The molecule has 2 aliphatic rings. The predicted octanol–water partition coefficient (Wildman–Crippen LogP) is -0.916. The first-order chi connectivity index (χ1) is 7.68. The first-order valence-electron chi connectivity index (χ1n) is 5.60. The quantitative estimate of drug-likeness (QED) is 0.431. The Labute approximate surface area is 93.3 Å². The molecule has 0 radical (unpaired) electrons. The molecule has 2 unspecified atom stereocenters. The second-order valence-corrected chi connectivity index (χ2v) is 4.26. The lowest BCUT2D eigenvalue weighted by Crippen LogP contribution is -2.52. The van der Waals surface area contributed by atoms with Gasteiger partial charge in [0.25, 0.3) is 5.91 Å². The van der Waals surface area contributed by atoms with Crippen LogP contribution in [0.15, 0.2) is 0 Å². The van der Waals surface area contributed by atoms with Crippen molar-refractivity contribution in [2.24, 2.45) is 5.92 Å². The zero-order valence-electron chi connectivity index (χ0n) is 8.94. The molecule has 2 atom stereocenters. The Balaban J connectivity index is 1.83. The average Bonchev–Trinajstić information content (AvgIpc) is 2.15. The van der Waals surface area contributed by atoms with E-state index in [0.717, 1.165) is 19.3 Å². The number of carbonyl (C=O) groups excluding carboxylic acids is 2. The Bertz CT molecular complexity index is 291. The number of hydroxylamine groups is 1. The minimum absolute atomic E-state index is 0.0627. The third kappa shape index (κ3) is 2.33. The number of hydrogen-bond donors (Lipinski definition) is 3. The molecule has 16 heavy (non-hydrogen) atoms. The summed E-state index contributed by atoms with van der Waals surface area (Å²) in [4.78, 5) is 28.1. The predicted molar refractivity (Wildman–Crippen MR) is 54.0 cm³/mol. The molecule has 3 N–H and O–H groups in total. The number of piperidine rings is 1. The van der Waals surface area contributed by atoms with Gasteiger partial charge in [-0.2, -0.15) is 0 Å². The molecular weight excluding hydrogens is 212 g/mol. The number of hydrogen-bond acceptors (Lipinski definition) is 4. The van der Waals surface area contributed by atoms with E-state index < -0.39 is 23.8 Å². The van der Waals surface area contributed by atoms with Gasteiger partial charge in [-0.1, -0.05) is 0 Å². The zero-order chi connectivity index (χ0) is 11.5. The lowest BCUT2D eigenvalue weighted by molar-refractivity contribution is -0.156. The molecule has 2 fully saturated rings. The minimum atomic E-state index is -1.05. The molecule has 0 aromatic carbocycles. The Morgan fingerprint density at radius 1 is 1.44 bits per heavy atom. The highest BCUT2D eigenvalue weighted by atomic mass is 16.7. The molecule has 1 aliphatic carbocycles. The second-order valence-electron chi connectivity index (χ2n) is 4.26. The fourth-order valence-corrected chi connectivity index (χ4v) is 1.78. The molecular formula is C10H16N2O4. The van der Waals surface area contributed by atoms with E-state index in [1.165, 1.54) is 0 Å². The van der Waals surface area contributed by atoms with Gasteiger partial charge in [-0.15, -0.1) is 0 Å². The van der Waals surface area contributed by atoms with Gasteiger partial charge in [0.2, 0.25) is 5.91 Å². The van der Waals surface area contributed by atoms with Gasteiger partial charge in [0.15, 0.2) is 0 Å². The van der Waals surface area contributed by atoms with Crippen molar-refractivity contribution >= 4 is 11.8 Å². The van der Waals surface area contributed by atoms with Crippen LogP contribution in [-0.2, 0) is 14.4 Å². The first-order valence-corrected chi connectivity index (χ1v) is 5.60. The van der Waals surface area contributed by atoms with Crippen molar-refractivity contribution in [1.82, 2.24) is 10.8 Å². The highest BCUT2D eigenvalue weighted by Gasteiger charge is 2.37. The van der Waals surface area contributed by atoms with Crippen LogP contribution >= 0.6 is 0 Å². The Morgan fingerprint density at radius 2 is 2.19 bits per heavy atom. The molecule has 0 bridgehead atoms. The summed E-state index contributed by atoms with van der Waals surface area (Å²) in [7, 11) is 0. The highest BCUT2D eigenvalue weighted by molar-refractivity contribution is 6.01. The standard InChI is InChI=1S/C10H16N2O4/c13-7-4-5-11-9(14)8(7)10(15)12-16-6-2-1-3-6/h6-8,13H,1-5H2,(H,11,14)(H,12,15). The molecule has 0 aromatic heterocycles. The molecule has 1 saturated carbocycles. The van der Waals surface area contributed by atoms with Crippen LogP contribution in [0.5, 0.6) is 0 Å². The number of aliphatic hydroxyl groups is 1. The van der Waals surface area contributed by atoms with Crippen LogP contribution in [-0.4, -0.2) is 35.7 Å². The third-order valence-electron chi connectivity index (χ3n) is 3.07. The normalized spacial score (nSPS) is 30.4. The number of amides is 2. The lowest BCUT2D eigenvalue weighted by Gasteiger charge is -2.29. The summed E-state index contributed by atoms with van der Waals surface area (Å²) in [5.41, 5.74) is 2.26. The lowest BCUT2D eigenvalue weighted by atomic mass is 9.94. The van der Waals surface area contributed by atoms with E-state index in [0.29, 0.717) is 13.0 Å². The summed E-state index contributed by atoms with van der Waals surface area (Å²) in [6.07, 6.45) is 2.51. The number of carbonyl (C=O) groups is 2. The second kappa shape index (κ2) is 4.80. The zero-order valence-corrected chi connectivity index (χ0v) is 8.94. The summed E-state index contributed by atoms with van der Waals surface area (Å²) in [5.74, 6) is -2.04. The molecule has 1 saturated heterocycles. The van der Waals surface area contributed by atoms with Gasteiger partial charge in [-0.3, -0.25) is 14.4 Å². The van der Waals surface area contributed by atoms with E-state index in [4.69, 9.17) is 4.84 Å². The van der Waals surface area contributed by atoms with Crippen LogP contribution in [0.3, 0.4) is 0 Å². The summed E-state index contributed by atoms with van der Waals surface area (Å²) in [6.45, 7) is 0.410. The van der Waals surface area contributed by atoms with Crippen molar-refractivity contribution < 1.29 is 19.5 Å². The minimum Gasteiger partial charge on any atom is -0.392 e. The van der Waals surface area contributed by atoms with Crippen molar-refractivity contribution in [2.45, 2.75) is 37.9 Å². The topological polar surface area (TPSA) is 87.7 Å². The largest absolute Gasteiger partial charge is 0.392 e. The van der Waals surface area contributed by atoms with E-state index >= 15 is 0 Å². The Kier molecular flexibility index (Phi) is 3.40. The van der Waals surface area contributed by atoms with Crippen molar-refractivity contribution in [1.29, 1.82) is 0 Å². The molecule has 1 heterocycles. The van der Waals surface area contributed by atoms with Gasteiger partial charge in [-0.05, 0) is 25.7 Å². The van der Waals surface area contributed by atoms with Gasteiger partial charge in [0.1, 0.15) is 5.92 Å². The van der Waals surface area contributed by atoms with E-state index in [-0.39, 0.29) is 6.10 Å². The molecule has 1 aliphatic heterocycles. The monoisotopic (exact) mass is 228 g/mol. The number of aliphatic hydroxyl groups excluding tert-OH is 1. The molecule has 0 aromatic rings. The van der Waals surface area contributed by atoms with Crippen LogP contribution in [0.4, 0.5) is 0 Å². The molecule has 2 rings (SSSR count). The fourth-order valence-electron chi connectivity index (χ4n) is 1.78. The summed E-state index contributed by atoms with van der Waals surface area (Å²) < 4.78 is 0. The number of nitrogens with one attached hydrogen (secondary N) is 2.